The molecule has 2 aliphatic rings. The van der Waals surface area contributed by atoms with E-state index in [0.29, 0.717) is 36.2 Å². The Kier molecular flexibility index (Phi) is 10.2. The van der Waals surface area contributed by atoms with Gasteiger partial charge in [0.05, 0.1) is 12.2 Å². The first kappa shape index (κ1) is 29.4. The number of hydrogen-bond donors (Lipinski definition) is 1. The summed E-state index contributed by atoms with van der Waals surface area (Å²) < 4.78 is 12.3. The first-order chi connectivity index (χ1) is 20.1. The van der Waals surface area contributed by atoms with Crippen LogP contribution in [0.4, 0.5) is 5.00 Å². The zero-order valence-electron chi connectivity index (χ0n) is 23.8. The molecule has 1 heterocycles. The molecule has 1 fully saturated rings. The van der Waals surface area contributed by atoms with Crippen molar-refractivity contribution in [2.75, 3.05) is 6.61 Å². The summed E-state index contributed by atoms with van der Waals surface area (Å²) in [4.78, 5) is 19.8. The van der Waals surface area contributed by atoms with Gasteiger partial charge in [0.1, 0.15) is 11.6 Å². The lowest BCUT2D eigenvalue weighted by Gasteiger charge is -2.23. The third-order valence-electron chi connectivity index (χ3n) is 7.77. The maximum atomic E-state index is 13.6. The Morgan fingerprint density at radius 1 is 1.10 bits per heavy atom. The predicted molar refractivity (Wildman–Crippen MR) is 170 cm³/mol. The molecule has 5 nitrogen and oxygen atoms in total. The largest absolute Gasteiger partial charge is 0.490 e. The highest BCUT2D eigenvalue weighted by Crippen LogP contribution is 2.40. The molecule has 0 spiro atoms. The summed E-state index contributed by atoms with van der Waals surface area (Å²) in [6, 6.07) is 11.9. The number of hydrogen-bond acceptors (Lipinski definition) is 5. The molecule has 7 heteroatoms. The van der Waals surface area contributed by atoms with E-state index in [1.54, 1.807) is 11.3 Å². The maximum absolute atomic E-state index is 13.6. The average molecular weight is 591 g/mol. The van der Waals surface area contributed by atoms with Gasteiger partial charge < -0.3 is 14.8 Å². The van der Waals surface area contributed by atoms with E-state index in [1.807, 2.05) is 49.5 Å². The number of carbonyl (C=O) groups is 1. The van der Waals surface area contributed by atoms with Crippen molar-refractivity contribution in [2.24, 2.45) is 4.99 Å². The molecule has 3 aromatic rings. The fourth-order valence-corrected chi connectivity index (χ4v) is 7.10. The quantitative estimate of drug-likeness (QED) is 0.179. The van der Waals surface area contributed by atoms with Gasteiger partial charge in [-0.25, -0.2) is 4.99 Å². The number of rotatable bonds is 11. The molecule has 1 N–H and O–H groups in total. The first-order valence-corrected chi connectivity index (χ1v) is 16.0. The number of nitrogens with zero attached hydrogens (tertiary/aromatic N) is 1. The number of carbonyl (C=O) groups excluding carboxylic acids is 1. The van der Waals surface area contributed by atoms with Crippen molar-refractivity contribution in [1.29, 1.82) is 0 Å². The summed E-state index contributed by atoms with van der Waals surface area (Å²) in [5.74, 6) is 1.41. The number of ether oxygens (including phenoxy) is 2. The van der Waals surface area contributed by atoms with Gasteiger partial charge in [0.25, 0.3) is 5.91 Å². The summed E-state index contributed by atoms with van der Waals surface area (Å²) in [5.41, 5.74) is 4.88. The fourth-order valence-electron chi connectivity index (χ4n) is 5.74. The number of amides is 1. The molecular weight excluding hydrogens is 552 g/mol. The molecular formula is C34H39ClN2O3S. The SMILES string of the molecule is C=CCc1cc(C=Nc2sc3c(c2C(=O)NC2CCCCC2)CCCC3)cc(OCC)c1OCc1ccc(Cl)cc1. The van der Waals surface area contributed by atoms with Gasteiger partial charge in [0.15, 0.2) is 11.5 Å². The normalized spacial score (nSPS) is 15.5. The second kappa shape index (κ2) is 14.2. The lowest BCUT2D eigenvalue weighted by molar-refractivity contribution is 0.0927. The standard InChI is InChI=1S/C34H39ClN2O3S/c1-3-10-25-19-24(20-29(39-4-2)32(25)40-22-23-15-17-26(35)18-16-23)21-36-34-31(28-13-8-9-14-30(28)41-34)33(38)37-27-11-6-5-7-12-27/h3,15-21,27H,1,4-14,22H2,2H3,(H,37,38). The zero-order valence-corrected chi connectivity index (χ0v) is 25.4. The summed E-state index contributed by atoms with van der Waals surface area (Å²) in [6.07, 6.45) is 14.4. The number of benzene rings is 2. The van der Waals surface area contributed by atoms with Gasteiger partial charge in [-0.15, -0.1) is 17.9 Å². The second-order valence-electron chi connectivity index (χ2n) is 10.8. The number of fused-ring (bicyclic) bond motifs is 1. The minimum atomic E-state index is 0.0387. The van der Waals surface area contributed by atoms with E-state index < -0.39 is 0 Å². The Balaban J connectivity index is 1.43. The van der Waals surface area contributed by atoms with Gasteiger partial charge in [-0.1, -0.05) is 49.1 Å². The van der Waals surface area contributed by atoms with Crippen molar-refractivity contribution in [1.82, 2.24) is 5.32 Å². The molecule has 5 rings (SSSR count). The second-order valence-corrected chi connectivity index (χ2v) is 12.3. The van der Waals surface area contributed by atoms with E-state index in [2.05, 4.69) is 18.0 Å². The first-order valence-electron chi connectivity index (χ1n) is 14.8. The Labute approximate surface area is 252 Å². The van der Waals surface area contributed by atoms with Crippen LogP contribution in [-0.2, 0) is 25.9 Å². The van der Waals surface area contributed by atoms with Crippen LogP contribution in [0, 0.1) is 0 Å². The third-order valence-corrected chi connectivity index (χ3v) is 9.22. The molecule has 216 valence electrons. The van der Waals surface area contributed by atoms with Crippen LogP contribution in [0.3, 0.4) is 0 Å². The highest BCUT2D eigenvalue weighted by molar-refractivity contribution is 7.16. The van der Waals surface area contributed by atoms with Crippen molar-refractivity contribution in [3.05, 3.63) is 86.8 Å². The van der Waals surface area contributed by atoms with Crippen LogP contribution in [0.1, 0.15) is 89.4 Å². The van der Waals surface area contributed by atoms with Crippen LogP contribution in [0.15, 0.2) is 54.0 Å². The van der Waals surface area contributed by atoms with Crippen molar-refractivity contribution in [2.45, 2.75) is 83.8 Å². The lowest BCUT2D eigenvalue weighted by Crippen LogP contribution is -2.36. The topological polar surface area (TPSA) is 59.9 Å². The van der Waals surface area contributed by atoms with E-state index in [0.717, 1.165) is 59.4 Å². The monoisotopic (exact) mass is 590 g/mol. The minimum absolute atomic E-state index is 0.0387. The van der Waals surface area contributed by atoms with Crippen molar-refractivity contribution in [3.8, 4) is 11.5 Å². The number of allylic oxidation sites excluding steroid dienone is 1. The zero-order chi connectivity index (χ0) is 28.6. The molecule has 0 bridgehead atoms. The molecule has 1 amide bonds. The Hall–Kier alpha value is -3.09. The Morgan fingerprint density at radius 3 is 2.63 bits per heavy atom. The lowest BCUT2D eigenvalue weighted by atomic mass is 9.93. The van der Waals surface area contributed by atoms with E-state index in [1.165, 1.54) is 36.1 Å². The van der Waals surface area contributed by atoms with E-state index in [-0.39, 0.29) is 11.9 Å². The molecule has 1 saturated carbocycles. The number of thiophene rings is 1. The summed E-state index contributed by atoms with van der Waals surface area (Å²) in [6.45, 7) is 6.82. The van der Waals surface area contributed by atoms with Gasteiger partial charge in [0, 0.05) is 27.7 Å². The van der Waals surface area contributed by atoms with Crippen LogP contribution < -0.4 is 14.8 Å². The molecule has 0 unspecified atom stereocenters. The molecule has 0 radical (unpaired) electrons. The number of aryl methyl sites for hydroxylation is 1. The smallest absolute Gasteiger partial charge is 0.254 e. The average Bonchev–Trinajstić information content (AvgIpc) is 3.36. The number of nitrogens with one attached hydrogen (secondary N) is 1. The molecule has 41 heavy (non-hydrogen) atoms. The van der Waals surface area contributed by atoms with E-state index in [9.17, 15) is 4.79 Å². The van der Waals surface area contributed by atoms with E-state index >= 15 is 0 Å². The van der Waals surface area contributed by atoms with Gasteiger partial charge in [0.2, 0.25) is 0 Å². The van der Waals surface area contributed by atoms with Crippen LogP contribution in [0.5, 0.6) is 11.5 Å². The van der Waals surface area contributed by atoms with Gasteiger partial charge >= 0.3 is 0 Å². The van der Waals surface area contributed by atoms with Crippen molar-refractivity contribution in [3.63, 3.8) is 0 Å². The van der Waals surface area contributed by atoms with Crippen LogP contribution in [-0.4, -0.2) is 24.8 Å². The van der Waals surface area contributed by atoms with E-state index in [4.69, 9.17) is 26.1 Å². The molecule has 2 aromatic carbocycles. The molecule has 1 aromatic heterocycles. The summed E-state index contributed by atoms with van der Waals surface area (Å²) in [5, 5.41) is 4.84. The van der Waals surface area contributed by atoms with Gasteiger partial charge in [-0.2, -0.15) is 0 Å². The van der Waals surface area contributed by atoms with Crippen LogP contribution in [0.25, 0.3) is 0 Å². The number of halogens is 1. The van der Waals surface area contributed by atoms with Crippen molar-refractivity contribution < 1.29 is 14.3 Å². The predicted octanol–water partition coefficient (Wildman–Crippen LogP) is 8.80. The highest BCUT2D eigenvalue weighted by Gasteiger charge is 2.27. The van der Waals surface area contributed by atoms with Gasteiger partial charge in [-0.3, -0.25) is 4.79 Å². The molecule has 0 saturated heterocycles. The van der Waals surface area contributed by atoms with Crippen LogP contribution in [0.2, 0.25) is 5.02 Å². The highest BCUT2D eigenvalue weighted by atomic mass is 35.5. The number of aliphatic imine (C=N–C) groups is 1. The third kappa shape index (κ3) is 7.41. The summed E-state index contributed by atoms with van der Waals surface area (Å²) >= 11 is 7.72. The molecule has 2 aliphatic carbocycles. The molecule has 0 atom stereocenters. The van der Waals surface area contributed by atoms with Crippen molar-refractivity contribution >= 4 is 40.1 Å². The van der Waals surface area contributed by atoms with Crippen LogP contribution >= 0.6 is 22.9 Å². The summed E-state index contributed by atoms with van der Waals surface area (Å²) in [7, 11) is 0. The van der Waals surface area contributed by atoms with Gasteiger partial charge in [-0.05, 0) is 92.8 Å². The minimum Gasteiger partial charge on any atom is -0.490 e. The Bertz CT molecular complexity index is 1390. The Morgan fingerprint density at radius 2 is 1.88 bits per heavy atom. The molecule has 0 aliphatic heterocycles. The maximum Gasteiger partial charge on any atom is 0.254 e. The fraction of sp³-hybridized carbons (Fsp3) is 0.412.